The van der Waals surface area contributed by atoms with Crippen LogP contribution in [0.15, 0.2) is 78.9 Å². The third kappa shape index (κ3) is 4.28. The summed E-state index contributed by atoms with van der Waals surface area (Å²) in [5, 5.41) is 0. The van der Waals surface area contributed by atoms with Gasteiger partial charge in [-0.05, 0) is 50.7 Å². The molecule has 0 fully saturated rings. The first-order valence-electron chi connectivity index (χ1n) is 9.63. The first kappa shape index (κ1) is 20.9. The van der Waals surface area contributed by atoms with E-state index in [-0.39, 0.29) is 17.4 Å². The predicted molar refractivity (Wildman–Crippen MR) is 112 cm³/mol. The first-order valence-corrected chi connectivity index (χ1v) is 9.63. The molecule has 0 spiro atoms. The van der Waals surface area contributed by atoms with Crippen LogP contribution in [0.2, 0.25) is 0 Å². The second-order valence-corrected chi connectivity index (χ2v) is 7.64. The van der Waals surface area contributed by atoms with E-state index >= 15 is 0 Å². The quantitative estimate of drug-likeness (QED) is 0.496. The maximum Gasteiger partial charge on any atom is 0.178 e. The zero-order valence-electron chi connectivity index (χ0n) is 16.9. The van der Waals surface area contributed by atoms with Crippen molar-refractivity contribution in [3.8, 4) is 0 Å². The van der Waals surface area contributed by atoms with E-state index in [2.05, 4.69) is 0 Å². The summed E-state index contributed by atoms with van der Waals surface area (Å²) >= 11 is 0. The summed E-state index contributed by atoms with van der Waals surface area (Å²) in [6.07, 6.45) is 0.463. The molecule has 1 atom stereocenters. The number of halogens is 2. The van der Waals surface area contributed by atoms with Crippen molar-refractivity contribution >= 4 is 5.78 Å². The van der Waals surface area contributed by atoms with Gasteiger partial charge >= 0.3 is 0 Å². The number of benzene rings is 3. The molecule has 29 heavy (non-hydrogen) atoms. The molecule has 0 aromatic heterocycles. The lowest BCUT2D eigenvalue weighted by atomic mass is 9.66. The van der Waals surface area contributed by atoms with Crippen molar-refractivity contribution < 1.29 is 13.6 Å². The molecule has 3 aromatic carbocycles. The molecule has 0 saturated heterocycles. The number of nitrogens with zero attached hydrogens (tertiary/aromatic N) is 1. The van der Waals surface area contributed by atoms with E-state index < -0.39 is 17.0 Å². The molecule has 0 radical (unpaired) electrons. The molecule has 0 unspecified atom stereocenters. The van der Waals surface area contributed by atoms with Crippen LogP contribution < -0.4 is 0 Å². The molecule has 0 aliphatic rings. The molecule has 0 amide bonds. The van der Waals surface area contributed by atoms with Crippen LogP contribution in [0.5, 0.6) is 0 Å². The second kappa shape index (κ2) is 8.66. The lowest BCUT2D eigenvalue weighted by molar-refractivity contribution is 0.0881. The lowest BCUT2D eigenvalue weighted by Gasteiger charge is -2.37. The van der Waals surface area contributed by atoms with Crippen LogP contribution in [0.25, 0.3) is 0 Å². The molecular weight excluding hydrogens is 368 g/mol. The Hall–Kier alpha value is -2.85. The van der Waals surface area contributed by atoms with Gasteiger partial charge in [-0.3, -0.25) is 4.79 Å². The smallest absolute Gasteiger partial charge is 0.178 e. The zero-order valence-corrected chi connectivity index (χ0v) is 16.9. The van der Waals surface area contributed by atoms with Crippen molar-refractivity contribution in [2.75, 3.05) is 14.1 Å². The van der Waals surface area contributed by atoms with Crippen LogP contribution in [-0.4, -0.2) is 30.8 Å². The molecule has 150 valence electrons. The molecule has 3 aromatic rings. The summed E-state index contributed by atoms with van der Waals surface area (Å²) in [4.78, 5) is 16.0. The summed E-state index contributed by atoms with van der Waals surface area (Å²) in [6, 6.07) is 22.0. The first-order chi connectivity index (χ1) is 13.8. The number of hydrogen-bond donors (Lipinski definition) is 0. The van der Waals surface area contributed by atoms with Gasteiger partial charge in [0.25, 0.3) is 0 Å². The molecule has 0 aliphatic heterocycles. The van der Waals surface area contributed by atoms with Crippen LogP contribution >= 0.6 is 0 Å². The number of rotatable bonds is 7. The summed E-state index contributed by atoms with van der Waals surface area (Å²) in [5.41, 5.74) is 0.553. The fourth-order valence-corrected chi connectivity index (χ4v) is 3.76. The fourth-order valence-electron chi connectivity index (χ4n) is 3.76. The van der Waals surface area contributed by atoms with Gasteiger partial charge in [0.05, 0.1) is 5.41 Å². The highest BCUT2D eigenvalue weighted by Gasteiger charge is 2.43. The van der Waals surface area contributed by atoms with E-state index in [0.29, 0.717) is 6.42 Å². The van der Waals surface area contributed by atoms with Crippen LogP contribution in [-0.2, 0) is 5.41 Å². The molecule has 0 saturated carbocycles. The molecule has 2 nitrogen and oxygen atoms in total. The van der Waals surface area contributed by atoms with Crippen LogP contribution in [0.4, 0.5) is 8.78 Å². The van der Waals surface area contributed by atoms with Gasteiger partial charge in [0.1, 0.15) is 11.6 Å². The van der Waals surface area contributed by atoms with Crippen LogP contribution in [0.3, 0.4) is 0 Å². The average molecular weight is 393 g/mol. The number of carbonyl (C=O) groups excluding carboxylic acids is 1. The molecule has 0 bridgehead atoms. The van der Waals surface area contributed by atoms with Crippen LogP contribution in [0.1, 0.15) is 34.8 Å². The van der Waals surface area contributed by atoms with E-state index in [9.17, 15) is 13.6 Å². The summed E-state index contributed by atoms with van der Waals surface area (Å²) in [5.74, 6) is -1.84. The minimum Gasteiger partial charge on any atom is -0.307 e. The Morgan fingerprint density at radius 2 is 1.31 bits per heavy atom. The number of Topliss-reactive ketones (excluding diaryl/α,β-unsaturated/α-hetero) is 1. The standard InChI is InChI=1S/C25H25F2NO/c1-18(28(2)3)17-25(20-10-6-4-7-11-20,21-12-8-5-9-13-21)24(29)19-14-22(26)16-23(27)15-19/h4-16,18H,17H2,1-3H3/t18-/m0/s1. The Kier molecular flexibility index (Phi) is 6.23. The van der Waals surface area contributed by atoms with Crippen molar-refractivity contribution in [1.29, 1.82) is 0 Å². The Balaban J connectivity index is 2.30. The second-order valence-electron chi connectivity index (χ2n) is 7.64. The van der Waals surface area contributed by atoms with Gasteiger partial charge in [-0.1, -0.05) is 60.7 Å². The van der Waals surface area contributed by atoms with Gasteiger partial charge < -0.3 is 4.90 Å². The third-order valence-corrected chi connectivity index (χ3v) is 5.53. The van der Waals surface area contributed by atoms with E-state index in [1.54, 1.807) is 0 Å². The zero-order chi connectivity index (χ0) is 21.0. The van der Waals surface area contributed by atoms with E-state index in [4.69, 9.17) is 0 Å². The Labute approximate surface area is 170 Å². The molecule has 0 heterocycles. The van der Waals surface area contributed by atoms with Gasteiger partial charge in [-0.2, -0.15) is 0 Å². The van der Waals surface area contributed by atoms with Gasteiger partial charge in [-0.25, -0.2) is 8.78 Å². The minimum atomic E-state index is -1.08. The highest BCUT2D eigenvalue weighted by molar-refractivity contribution is 6.06. The number of carbonyl (C=O) groups is 1. The highest BCUT2D eigenvalue weighted by atomic mass is 19.1. The lowest BCUT2D eigenvalue weighted by Crippen LogP contribution is -2.43. The van der Waals surface area contributed by atoms with Crippen molar-refractivity contribution in [2.24, 2.45) is 0 Å². The largest absolute Gasteiger partial charge is 0.307 e. The SMILES string of the molecule is C[C@@H](CC(C(=O)c1cc(F)cc(F)c1)(c1ccccc1)c1ccccc1)N(C)C. The van der Waals surface area contributed by atoms with Crippen LogP contribution in [0, 0.1) is 11.6 Å². The normalized spacial score (nSPS) is 12.8. The summed E-state index contributed by atoms with van der Waals surface area (Å²) in [6.45, 7) is 2.04. The highest BCUT2D eigenvalue weighted by Crippen LogP contribution is 2.40. The average Bonchev–Trinajstić information content (AvgIpc) is 2.72. The molecular formula is C25H25F2NO. The summed E-state index contributed by atoms with van der Waals surface area (Å²) < 4.78 is 27.9. The monoisotopic (exact) mass is 393 g/mol. The maximum atomic E-state index is 14.0. The Bertz CT molecular complexity index is 911. The molecule has 3 rings (SSSR count). The topological polar surface area (TPSA) is 20.3 Å². The molecule has 0 N–H and O–H groups in total. The van der Waals surface area contributed by atoms with Crippen molar-refractivity contribution in [1.82, 2.24) is 4.90 Å². The van der Waals surface area contributed by atoms with Crippen molar-refractivity contribution in [2.45, 2.75) is 24.8 Å². The van der Waals surface area contributed by atoms with Gasteiger partial charge in [0.2, 0.25) is 0 Å². The molecule has 0 aliphatic carbocycles. The minimum absolute atomic E-state index is 0.0289. The van der Waals surface area contributed by atoms with Crippen molar-refractivity contribution in [3.05, 3.63) is 107 Å². The fraction of sp³-hybridized carbons (Fsp3) is 0.240. The summed E-state index contributed by atoms with van der Waals surface area (Å²) in [7, 11) is 3.91. The third-order valence-electron chi connectivity index (χ3n) is 5.53. The number of ketones is 1. The predicted octanol–water partition coefficient (Wildman–Crippen LogP) is 5.47. The number of hydrogen-bond acceptors (Lipinski definition) is 2. The van der Waals surface area contributed by atoms with Gasteiger partial charge in [-0.15, -0.1) is 0 Å². The Morgan fingerprint density at radius 3 is 1.72 bits per heavy atom. The Morgan fingerprint density at radius 1 is 0.862 bits per heavy atom. The van der Waals surface area contributed by atoms with E-state index in [1.807, 2.05) is 86.6 Å². The van der Waals surface area contributed by atoms with E-state index in [0.717, 1.165) is 29.3 Å². The van der Waals surface area contributed by atoms with E-state index in [1.165, 1.54) is 0 Å². The maximum absolute atomic E-state index is 14.0. The van der Waals surface area contributed by atoms with Gasteiger partial charge in [0.15, 0.2) is 5.78 Å². The molecule has 4 heteroatoms. The van der Waals surface area contributed by atoms with Gasteiger partial charge in [0, 0.05) is 17.7 Å². The van der Waals surface area contributed by atoms with Crippen molar-refractivity contribution in [3.63, 3.8) is 0 Å².